The molecule has 4 aromatic rings. The molecule has 0 radical (unpaired) electrons. The van der Waals surface area contributed by atoms with E-state index >= 15 is 0 Å². The fourth-order valence-electron chi connectivity index (χ4n) is 5.99. The predicted molar refractivity (Wildman–Crippen MR) is 147 cm³/mol. The molecule has 40 heavy (non-hydrogen) atoms. The molecule has 1 spiro atoms. The molecule has 3 aromatic carbocycles. The second kappa shape index (κ2) is 9.69. The van der Waals surface area contributed by atoms with E-state index in [1.807, 2.05) is 49.6 Å². The number of para-hydroxylation sites is 1. The van der Waals surface area contributed by atoms with Crippen LogP contribution in [0.1, 0.15) is 18.4 Å². The molecule has 3 heterocycles. The van der Waals surface area contributed by atoms with E-state index in [0.29, 0.717) is 44.5 Å². The minimum Gasteiger partial charge on any atom is -0.494 e. The van der Waals surface area contributed by atoms with Gasteiger partial charge in [-0.2, -0.15) is 0 Å². The molecule has 1 amide bonds. The third-order valence-electron chi connectivity index (χ3n) is 7.99. The van der Waals surface area contributed by atoms with Crippen molar-refractivity contribution in [3.8, 4) is 11.6 Å². The van der Waals surface area contributed by atoms with Crippen LogP contribution in [-0.4, -0.2) is 59.2 Å². The highest BCUT2D eigenvalue weighted by molar-refractivity contribution is 5.94. The van der Waals surface area contributed by atoms with Crippen LogP contribution >= 0.6 is 0 Å². The summed E-state index contributed by atoms with van der Waals surface area (Å²) < 4.78 is 42.9. The number of aromatic nitrogens is 1. The van der Waals surface area contributed by atoms with Gasteiger partial charge in [0.1, 0.15) is 11.3 Å². The maximum Gasteiger partial charge on any atom is 0.573 e. The van der Waals surface area contributed by atoms with Crippen molar-refractivity contribution >= 4 is 28.1 Å². The molecule has 2 aliphatic rings. The Bertz CT molecular complexity index is 1530. The normalized spacial score (nSPS) is 17.3. The van der Waals surface area contributed by atoms with E-state index in [2.05, 4.69) is 26.7 Å². The molecular formula is C30H29F3N4O3. The third-order valence-corrected chi connectivity index (χ3v) is 7.99. The zero-order valence-electron chi connectivity index (χ0n) is 21.9. The number of ether oxygens (including phenoxy) is 1. The number of piperidine rings is 1. The summed E-state index contributed by atoms with van der Waals surface area (Å²) in [6.07, 6.45) is -1.51. The Labute approximate surface area is 229 Å². The highest BCUT2D eigenvalue weighted by Crippen LogP contribution is 2.40. The smallest absolute Gasteiger partial charge is 0.494 e. The number of carbonyl (C=O) groups is 1. The molecule has 2 aliphatic heterocycles. The summed E-state index contributed by atoms with van der Waals surface area (Å²) in [6, 6.07) is 21.6. The molecule has 2 fully saturated rings. The predicted octanol–water partition coefficient (Wildman–Crippen LogP) is 5.57. The lowest BCUT2D eigenvalue weighted by atomic mass is 9.85. The maximum atomic E-state index is 13.3. The summed E-state index contributed by atoms with van der Waals surface area (Å²) in [5, 5.41) is 12.4. The fraction of sp³-hybridized carbons (Fsp3) is 0.300. The maximum absolute atomic E-state index is 13.3. The number of likely N-dealkylation sites (N-methyl/N-ethyl adjacent to an activating group) is 1. The van der Waals surface area contributed by atoms with Crippen molar-refractivity contribution in [3.05, 3.63) is 84.6 Å². The SMILES string of the molecule is CN1CN(c2ccccc2)C2(CCN(c3ccc4c(O)n(Cc5ccc(OC(F)(F)F)cc5)cc4c3)CC2)C1=O. The van der Waals surface area contributed by atoms with Gasteiger partial charge >= 0.3 is 6.36 Å². The second-order valence-corrected chi connectivity index (χ2v) is 10.5. The van der Waals surface area contributed by atoms with E-state index in [1.54, 1.807) is 21.6 Å². The highest BCUT2D eigenvalue weighted by Gasteiger charge is 2.52. The van der Waals surface area contributed by atoms with Crippen LogP contribution in [0.25, 0.3) is 10.8 Å². The van der Waals surface area contributed by atoms with Gasteiger partial charge in [0.2, 0.25) is 5.91 Å². The summed E-state index contributed by atoms with van der Waals surface area (Å²) in [6.45, 7) is 2.29. The Morgan fingerprint density at radius 3 is 2.33 bits per heavy atom. The molecule has 208 valence electrons. The highest BCUT2D eigenvalue weighted by atomic mass is 19.4. The minimum atomic E-state index is -4.74. The van der Waals surface area contributed by atoms with Crippen LogP contribution in [0.5, 0.6) is 11.6 Å². The first-order valence-electron chi connectivity index (χ1n) is 13.1. The number of hydrogen-bond acceptors (Lipinski definition) is 5. The van der Waals surface area contributed by atoms with Gasteiger partial charge in [0.05, 0.1) is 13.2 Å². The molecule has 0 bridgehead atoms. The molecule has 1 N–H and O–H groups in total. The Kier molecular flexibility index (Phi) is 6.28. The van der Waals surface area contributed by atoms with Gasteiger partial charge in [0.15, 0.2) is 5.88 Å². The molecular weight excluding hydrogens is 521 g/mol. The lowest BCUT2D eigenvalue weighted by Gasteiger charge is -2.44. The molecule has 7 nitrogen and oxygen atoms in total. The van der Waals surface area contributed by atoms with Crippen molar-refractivity contribution in [2.24, 2.45) is 0 Å². The van der Waals surface area contributed by atoms with Gasteiger partial charge in [-0.25, -0.2) is 0 Å². The van der Waals surface area contributed by atoms with Gasteiger partial charge in [-0.1, -0.05) is 30.3 Å². The Morgan fingerprint density at radius 1 is 0.950 bits per heavy atom. The van der Waals surface area contributed by atoms with E-state index < -0.39 is 11.9 Å². The first-order chi connectivity index (χ1) is 19.1. The Balaban J connectivity index is 1.18. The number of fused-ring (bicyclic) bond motifs is 1. The number of amides is 1. The van der Waals surface area contributed by atoms with Crippen LogP contribution in [0.2, 0.25) is 0 Å². The first kappa shape index (κ1) is 25.9. The quantitative estimate of drug-likeness (QED) is 0.352. The van der Waals surface area contributed by atoms with Crippen molar-refractivity contribution in [2.45, 2.75) is 31.3 Å². The van der Waals surface area contributed by atoms with Crippen LogP contribution in [0, 0.1) is 0 Å². The zero-order chi connectivity index (χ0) is 28.1. The van der Waals surface area contributed by atoms with Gasteiger partial charge < -0.3 is 29.1 Å². The standard InChI is InChI=1S/C30H29F3N4O3/c1-34-20-37(23-5-3-2-4-6-23)29(28(34)39)13-15-35(16-14-29)24-9-12-26-22(17-24)19-36(27(26)38)18-21-7-10-25(11-8-21)40-30(31,32)33/h2-12,17,19,38H,13-16,18,20H2,1H3. The van der Waals surface area contributed by atoms with Gasteiger partial charge in [-0.15, -0.1) is 13.2 Å². The molecule has 0 saturated carbocycles. The molecule has 0 aliphatic carbocycles. The van der Waals surface area contributed by atoms with E-state index in [-0.39, 0.29) is 17.5 Å². The average Bonchev–Trinajstić information content (AvgIpc) is 3.38. The number of halogens is 3. The van der Waals surface area contributed by atoms with Crippen molar-refractivity contribution in [1.29, 1.82) is 0 Å². The third kappa shape index (κ3) is 4.67. The molecule has 1 aromatic heterocycles. The average molecular weight is 551 g/mol. The van der Waals surface area contributed by atoms with Gasteiger partial charge in [0, 0.05) is 48.5 Å². The topological polar surface area (TPSA) is 61.2 Å². The second-order valence-electron chi connectivity index (χ2n) is 10.5. The van der Waals surface area contributed by atoms with Crippen LogP contribution < -0.4 is 14.5 Å². The van der Waals surface area contributed by atoms with Crippen molar-refractivity contribution in [2.75, 3.05) is 36.6 Å². The number of aromatic hydroxyl groups is 1. The van der Waals surface area contributed by atoms with Crippen molar-refractivity contribution < 1.29 is 27.8 Å². The fourth-order valence-corrected chi connectivity index (χ4v) is 5.99. The molecule has 2 saturated heterocycles. The molecule has 6 rings (SSSR count). The van der Waals surface area contributed by atoms with Crippen LogP contribution in [-0.2, 0) is 11.3 Å². The van der Waals surface area contributed by atoms with Gasteiger partial charge in [-0.3, -0.25) is 4.79 Å². The number of carbonyl (C=O) groups excluding carboxylic acids is 1. The van der Waals surface area contributed by atoms with Crippen molar-refractivity contribution in [1.82, 2.24) is 9.47 Å². The summed E-state index contributed by atoms with van der Waals surface area (Å²) in [5.41, 5.74) is 2.23. The number of alkyl halides is 3. The Hall–Kier alpha value is -4.34. The zero-order valence-corrected chi connectivity index (χ0v) is 21.9. The lowest BCUT2D eigenvalue weighted by Crippen LogP contribution is -2.56. The number of hydrogen-bond donors (Lipinski definition) is 1. The van der Waals surface area contributed by atoms with Gasteiger partial charge in [-0.05, 0) is 60.9 Å². The van der Waals surface area contributed by atoms with E-state index in [9.17, 15) is 23.1 Å². The number of benzene rings is 3. The summed E-state index contributed by atoms with van der Waals surface area (Å²) in [7, 11) is 1.86. The summed E-state index contributed by atoms with van der Waals surface area (Å²) >= 11 is 0. The number of rotatable bonds is 5. The van der Waals surface area contributed by atoms with Gasteiger partial charge in [0.25, 0.3) is 0 Å². The van der Waals surface area contributed by atoms with Crippen LogP contribution in [0.4, 0.5) is 24.5 Å². The van der Waals surface area contributed by atoms with E-state index in [4.69, 9.17) is 0 Å². The summed E-state index contributed by atoms with van der Waals surface area (Å²) in [5.74, 6) is -0.0387. The minimum absolute atomic E-state index is 0.0906. The largest absolute Gasteiger partial charge is 0.573 e. The Morgan fingerprint density at radius 2 is 1.65 bits per heavy atom. The first-order valence-corrected chi connectivity index (χ1v) is 13.1. The van der Waals surface area contributed by atoms with E-state index in [1.165, 1.54) is 12.1 Å². The van der Waals surface area contributed by atoms with Crippen LogP contribution in [0.3, 0.4) is 0 Å². The lowest BCUT2D eigenvalue weighted by molar-refractivity contribution is -0.274. The monoisotopic (exact) mass is 550 g/mol. The van der Waals surface area contributed by atoms with Crippen molar-refractivity contribution in [3.63, 3.8) is 0 Å². The summed E-state index contributed by atoms with van der Waals surface area (Å²) in [4.78, 5) is 19.6. The number of anilines is 2. The van der Waals surface area contributed by atoms with E-state index in [0.717, 1.165) is 22.3 Å². The molecule has 0 atom stereocenters. The molecule has 0 unspecified atom stereocenters. The molecule has 10 heteroatoms. The number of nitrogens with zero attached hydrogens (tertiary/aromatic N) is 4. The van der Waals surface area contributed by atoms with Crippen LogP contribution in [0.15, 0.2) is 79.0 Å².